The van der Waals surface area contributed by atoms with Crippen molar-refractivity contribution >= 4 is 21.6 Å². The monoisotopic (exact) mass is 307 g/mol. The van der Waals surface area contributed by atoms with Crippen LogP contribution in [0.25, 0.3) is 0 Å². The van der Waals surface area contributed by atoms with Gasteiger partial charge in [-0.25, -0.2) is 8.42 Å². The van der Waals surface area contributed by atoms with Crippen LogP contribution in [-0.2, 0) is 9.84 Å². The summed E-state index contributed by atoms with van der Waals surface area (Å²) in [6.45, 7) is 7.89. The van der Waals surface area contributed by atoms with Crippen LogP contribution in [0.15, 0.2) is 0 Å². The molecule has 5 heteroatoms. The third-order valence-corrected chi connectivity index (χ3v) is 6.63. The van der Waals surface area contributed by atoms with E-state index in [9.17, 15) is 8.42 Å². The molecule has 1 aliphatic rings. The van der Waals surface area contributed by atoms with Crippen molar-refractivity contribution in [1.29, 1.82) is 0 Å². The Balaban J connectivity index is 2.53. The van der Waals surface area contributed by atoms with Crippen LogP contribution >= 0.6 is 11.8 Å². The van der Waals surface area contributed by atoms with Gasteiger partial charge in [0.2, 0.25) is 0 Å². The van der Waals surface area contributed by atoms with Crippen LogP contribution in [0.1, 0.15) is 40.0 Å². The predicted molar refractivity (Wildman–Crippen MR) is 85.6 cm³/mol. The van der Waals surface area contributed by atoms with E-state index in [1.807, 2.05) is 11.8 Å². The van der Waals surface area contributed by atoms with Crippen molar-refractivity contribution in [3.63, 3.8) is 0 Å². The smallest absolute Gasteiger partial charge is 0.148 e. The highest BCUT2D eigenvalue weighted by molar-refractivity contribution is 8.01. The highest BCUT2D eigenvalue weighted by Crippen LogP contribution is 2.36. The maximum atomic E-state index is 11.2. The summed E-state index contributed by atoms with van der Waals surface area (Å²) >= 11 is 1.85. The Morgan fingerprint density at radius 1 is 1.26 bits per heavy atom. The molecule has 0 amide bonds. The lowest BCUT2D eigenvalue weighted by Gasteiger charge is -2.40. The Morgan fingerprint density at radius 2 is 1.95 bits per heavy atom. The SMILES string of the molecule is CCCNC1CC(C)CC(C)C1SCCS(C)(=O)=O. The molecule has 0 heterocycles. The first-order valence-electron chi connectivity index (χ1n) is 7.36. The van der Waals surface area contributed by atoms with Gasteiger partial charge in [0.1, 0.15) is 9.84 Å². The number of sulfone groups is 1. The van der Waals surface area contributed by atoms with Gasteiger partial charge in [0.05, 0.1) is 5.75 Å². The molecule has 3 nitrogen and oxygen atoms in total. The van der Waals surface area contributed by atoms with Crippen LogP contribution in [0.4, 0.5) is 0 Å². The standard InChI is InChI=1S/C14H29NO2S2/c1-5-6-15-13-10-11(2)9-12(3)14(13)18-7-8-19(4,16)17/h11-15H,5-10H2,1-4H3. The molecule has 1 N–H and O–H groups in total. The Labute approximate surface area is 123 Å². The molecule has 0 aromatic carbocycles. The van der Waals surface area contributed by atoms with Gasteiger partial charge in [-0.3, -0.25) is 0 Å². The van der Waals surface area contributed by atoms with Gasteiger partial charge in [-0.2, -0.15) is 11.8 Å². The van der Waals surface area contributed by atoms with E-state index in [1.54, 1.807) is 0 Å². The molecule has 1 rings (SSSR count). The fourth-order valence-corrected chi connectivity index (χ4v) is 5.72. The van der Waals surface area contributed by atoms with E-state index in [2.05, 4.69) is 26.1 Å². The second-order valence-electron chi connectivity index (χ2n) is 6.08. The molecule has 0 radical (unpaired) electrons. The van der Waals surface area contributed by atoms with Crippen molar-refractivity contribution in [2.24, 2.45) is 11.8 Å². The molecule has 4 unspecified atom stereocenters. The van der Waals surface area contributed by atoms with Gasteiger partial charge in [0.15, 0.2) is 0 Å². The number of nitrogens with one attached hydrogen (secondary N) is 1. The Bertz CT molecular complexity index is 356. The zero-order chi connectivity index (χ0) is 14.5. The van der Waals surface area contributed by atoms with Crippen molar-refractivity contribution in [2.45, 2.75) is 51.3 Å². The average Bonchev–Trinajstić information content (AvgIpc) is 2.27. The van der Waals surface area contributed by atoms with Crippen LogP contribution in [-0.4, -0.2) is 44.0 Å². The Hall–Kier alpha value is 0.260. The number of rotatable bonds is 7. The lowest BCUT2D eigenvalue weighted by atomic mass is 9.80. The topological polar surface area (TPSA) is 46.2 Å². The van der Waals surface area contributed by atoms with Gasteiger partial charge in [-0.15, -0.1) is 0 Å². The summed E-state index contributed by atoms with van der Waals surface area (Å²) in [5, 5.41) is 4.22. The van der Waals surface area contributed by atoms with Crippen LogP contribution in [0.2, 0.25) is 0 Å². The third-order valence-electron chi connectivity index (χ3n) is 3.81. The van der Waals surface area contributed by atoms with Crippen molar-refractivity contribution in [3.8, 4) is 0 Å². The van der Waals surface area contributed by atoms with E-state index >= 15 is 0 Å². The highest BCUT2D eigenvalue weighted by Gasteiger charge is 2.33. The van der Waals surface area contributed by atoms with Gasteiger partial charge in [-0.1, -0.05) is 20.8 Å². The Kier molecular flexibility index (Phi) is 7.19. The lowest BCUT2D eigenvalue weighted by molar-refractivity contribution is 0.249. The van der Waals surface area contributed by atoms with Gasteiger partial charge < -0.3 is 5.32 Å². The second-order valence-corrected chi connectivity index (χ2v) is 9.63. The first kappa shape index (κ1) is 17.3. The van der Waals surface area contributed by atoms with Crippen molar-refractivity contribution < 1.29 is 8.42 Å². The summed E-state index contributed by atoms with van der Waals surface area (Å²) in [7, 11) is -2.83. The van der Waals surface area contributed by atoms with Crippen LogP contribution in [0, 0.1) is 11.8 Å². The van der Waals surface area contributed by atoms with Gasteiger partial charge in [0, 0.05) is 23.3 Å². The van der Waals surface area contributed by atoms with E-state index in [0.717, 1.165) is 24.6 Å². The largest absolute Gasteiger partial charge is 0.313 e. The van der Waals surface area contributed by atoms with Crippen LogP contribution in [0.3, 0.4) is 0 Å². The number of hydrogen-bond acceptors (Lipinski definition) is 4. The van der Waals surface area contributed by atoms with Crippen LogP contribution < -0.4 is 5.32 Å². The fourth-order valence-electron chi connectivity index (χ4n) is 2.97. The maximum Gasteiger partial charge on any atom is 0.148 e. The first-order chi connectivity index (χ1) is 8.83. The molecule has 1 aliphatic carbocycles. The molecule has 0 spiro atoms. The van der Waals surface area contributed by atoms with Gasteiger partial charge >= 0.3 is 0 Å². The lowest BCUT2D eigenvalue weighted by Crippen LogP contribution is -2.46. The first-order valence-corrected chi connectivity index (χ1v) is 10.5. The summed E-state index contributed by atoms with van der Waals surface area (Å²) in [6, 6.07) is 0.545. The molecule has 114 valence electrons. The minimum Gasteiger partial charge on any atom is -0.313 e. The summed E-state index contributed by atoms with van der Waals surface area (Å²) in [6.07, 6.45) is 4.97. The molecule has 19 heavy (non-hydrogen) atoms. The summed E-state index contributed by atoms with van der Waals surface area (Å²) < 4.78 is 22.5. The zero-order valence-corrected chi connectivity index (χ0v) is 14.3. The van der Waals surface area contributed by atoms with Gasteiger partial charge in [0.25, 0.3) is 0 Å². The van der Waals surface area contributed by atoms with E-state index < -0.39 is 9.84 Å². The van der Waals surface area contributed by atoms with Crippen molar-refractivity contribution in [1.82, 2.24) is 5.32 Å². The normalized spacial score (nSPS) is 32.4. The quantitative estimate of drug-likeness (QED) is 0.785. The maximum absolute atomic E-state index is 11.2. The van der Waals surface area contributed by atoms with E-state index in [1.165, 1.54) is 19.1 Å². The van der Waals surface area contributed by atoms with E-state index in [-0.39, 0.29) is 0 Å². The predicted octanol–water partition coefficient (Wildman–Crippen LogP) is 2.57. The van der Waals surface area contributed by atoms with Crippen molar-refractivity contribution in [3.05, 3.63) is 0 Å². The molecule has 0 bridgehead atoms. The molecular weight excluding hydrogens is 278 g/mol. The van der Waals surface area contributed by atoms with Gasteiger partial charge in [-0.05, 0) is 37.6 Å². The minimum atomic E-state index is -2.83. The third kappa shape index (κ3) is 6.50. The zero-order valence-electron chi connectivity index (χ0n) is 12.7. The highest BCUT2D eigenvalue weighted by atomic mass is 32.2. The Morgan fingerprint density at radius 3 is 2.53 bits per heavy atom. The second kappa shape index (κ2) is 7.89. The van der Waals surface area contributed by atoms with Crippen LogP contribution in [0.5, 0.6) is 0 Å². The summed E-state index contributed by atoms with van der Waals surface area (Å²) in [5.41, 5.74) is 0. The molecule has 4 atom stereocenters. The molecule has 1 fully saturated rings. The van der Waals surface area contributed by atoms with E-state index in [4.69, 9.17) is 0 Å². The van der Waals surface area contributed by atoms with E-state index in [0.29, 0.717) is 23.0 Å². The minimum absolute atomic E-state index is 0.303. The summed E-state index contributed by atoms with van der Waals surface area (Å²) in [4.78, 5) is 0. The molecule has 0 aromatic rings. The molecule has 0 aromatic heterocycles. The summed E-state index contributed by atoms with van der Waals surface area (Å²) in [5.74, 6) is 2.47. The number of hydrogen-bond donors (Lipinski definition) is 1. The number of thioether (sulfide) groups is 1. The molecular formula is C14H29NO2S2. The molecule has 1 saturated carbocycles. The average molecular weight is 308 g/mol. The van der Waals surface area contributed by atoms with Crippen molar-refractivity contribution in [2.75, 3.05) is 24.3 Å². The molecule has 0 saturated heterocycles. The fraction of sp³-hybridized carbons (Fsp3) is 1.00. The molecule has 0 aliphatic heterocycles.